The molecule has 1 aliphatic carbocycles. The van der Waals surface area contributed by atoms with Crippen molar-refractivity contribution >= 4 is 60.6 Å². The summed E-state index contributed by atoms with van der Waals surface area (Å²) in [4.78, 5) is 34.6. The first-order valence-corrected chi connectivity index (χ1v) is 12.9. The van der Waals surface area contributed by atoms with Gasteiger partial charge in [0, 0.05) is 16.1 Å². The Kier molecular flexibility index (Phi) is 5.62. The van der Waals surface area contributed by atoms with E-state index < -0.39 is 0 Å². The van der Waals surface area contributed by atoms with Gasteiger partial charge in [0.15, 0.2) is 0 Å². The minimum Gasteiger partial charge on any atom is -0.351 e. The maximum Gasteiger partial charge on any atom is 0.259 e. The summed E-state index contributed by atoms with van der Waals surface area (Å²) >= 11 is 4.82. The predicted octanol–water partition coefficient (Wildman–Crippen LogP) is 4.63. The van der Waals surface area contributed by atoms with Crippen LogP contribution in [0.3, 0.4) is 0 Å². The molecule has 0 fully saturated rings. The maximum absolute atomic E-state index is 12.6. The Hall–Kier alpha value is -2.16. The van der Waals surface area contributed by atoms with Gasteiger partial charge in [-0.25, -0.2) is 4.98 Å². The molecule has 0 atom stereocenters. The lowest BCUT2D eigenvalue weighted by molar-refractivity contribution is -0.118. The monoisotopic (exact) mass is 455 g/mol. The van der Waals surface area contributed by atoms with Gasteiger partial charge in [-0.2, -0.15) is 0 Å². The van der Waals surface area contributed by atoms with Crippen molar-refractivity contribution in [3.05, 3.63) is 61.8 Å². The molecular formula is C22H21N3O2S3. The van der Waals surface area contributed by atoms with E-state index in [9.17, 15) is 9.59 Å². The molecule has 3 heterocycles. The summed E-state index contributed by atoms with van der Waals surface area (Å²) in [6, 6.07) is 8.22. The zero-order valence-corrected chi connectivity index (χ0v) is 18.8. The summed E-state index contributed by atoms with van der Waals surface area (Å²) in [5, 5.41) is 7.07. The van der Waals surface area contributed by atoms with Crippen LogP contribution in [0.2, 0.25) is 0 Å². The van der Waals surface area contributed by atoms with Crippen LogP contribution >= 0.6 is 34.4 Å². The minimum atomic E-state index is -0.0382. The van der Waals surface area contributed by atoms with Crippen LogP contribution in [0.4, 0.5) is 0 Å². The number of rotatable bonds is 6. The van der Waals surface area contributed by atoms with E-state index in [0.717, 1.165) is 35.0 Å². The zero-order chi connectivity index (χ0) is 20.5. The SMILES string of the molecule is O=C(CSCc1nc2sc3c(c2c(=O)[nH]1)CCCC3)NCc1csc2ccccc12. The van der Waals surface area contributed by atoms with Crippen molar-refractivity contribution in [2.75, 3.05) is 5.75 Å². The number of carbonyl (C=O) groups is 1. The van der Waals surface area contributed by atoms with Crippen LogP contribution in [-0.2, 0) is 29.9 Å². The van der Waals surface area contributed by atoms with Crippen molar-refractivity contribution in [1.82, 2.24) is 15.3 Å². The van der Waals surface area contributed by atoms with E-state index in [1.54, 1.807) is 22.7 Å². The van der Waals surface area contributed by atoms with Crippen molar-refractivity contribution in [3.63, 3.8) is 0 Å². The van der Waals surface area contributed by atoms with Gasteiger partial charge in [0.25, 0.3) is 5.56 Å². The molecule has 0 radical (unpaired) electrons. The smallest absolute Gasteiger partial charge is 0.259 e. The number of fused-ring (bicyclic) bond motifs is 4. The molecule has 0 saturated heterocycles. The maximum atomic E-state index is 12.6. The first-order valence-electron chi connectivity index (χ1n) is 10.0. The highest BCUT2D eigenvalue weighted by molar-refractivity contribution is 7.99. The Morgan fingerprint density at radius 2 is 2.10 bits per heavy atom. The van der Waals surface area contributed by atoms with Crippen LogP contribution in [0, 0.1) is 0 Å². The lowest BCUT2D eigenvalue weighted by Gasteiger charge is -2.09. The van der Waals surface area contributed by atoms with E-state index in [4.69, 9.17) is 0 Å². The summed E-state index contributed by atoms with van der Waals surface area (Å²) < 4.78 is 1.23. The van der Waals surface area contributed by atoms with Gasteiger partial charge in [-0.1, -0.05) is 18.2 Å². The number of benzene rings is 1. The standard InChI is InChI=1S/C22H21N3O2S3/c26-19(23-9-13-10-29-16-7-3-1-5-14(13)16)12-28-11-18-24-21(27)20-15-6-2-4-8-17(15)30-22(20)25-18/h1,3,5,7,10H,2,4,6,8-9,11-12H2,(H,23,26)(H,24,25,27). The summed E-state index contributed by atoms with van der Waals surface area (Å²) in [6.07, 6.45) is 4.37. The van der Waals surface area contributed by atoms with E-state index in [-0.39, 0.29) is 11.5 Å². The topological polar surface area (TPSA) is 74.8 Å². The van der Waals surface area contributed by atoms with Crippen molar-refractivity contribution < 1.29 is 4.79 Å². The third-order valence-electron chi connectivity index (χ3n) is 5.38. The van der Waals surface area contributed by atoms with Gasteiger partial charge in [-0.15, -0.1) is 34.4 Å². The van der Waals surface area contributed by atoms with Crippen molar-refractivity contribution in [2.45, 2.75) is 38.0 Å². The van der Waals surface area contributed by atoms with Gasteiger partial charge < -0.3 is 10.3 Å². The van der Waals surface area contributed by atoms with Crippen LogP contribution in [0.1, 0.15) is 34.7 Å². The average Bonchev–Trinajstić information content (AvgIpc) is 3.33. The number of nitrogens with zero attached hydrogens (tertiary/aromatic N) is 1. The Balaban J connectivity index is 1.19. The Labute approximate surface area is 185 Å². The Morgan fingerprint density at radius 1 is 1.23 bits per heavy atom. The Bertz CT molecular complexity index is 1290. The number of aromatic amines is 1. The number of aryl methyl sites for hydroxylation is 2. The van der Waals surface area contributed by atoms with Gasteiger partial charge >= 0.3 is 0 Å². The molecule has 4 aromatic rings. The predicted molar refractivity (Wildman–Crippen MR) is 127 cm³/mol. The zero-order valence-electron chi connectivity index (χ0n) is 16.3. The normalized spacial score (nSPS) is 13.6. The highest BCUT2D eigenvalue weighted by Crippen LogP contribution is 2.33. The molecule has 3 aromatic heterocycles. The molecule has 30 heavy (non-hydrogen) atoms. The molecule has 5 nitrogen and oxygen atoms in total. The number of hydrogen-bond acceptors (Lipinski definition) is 6. The second kappa shape index (κ2) is 8.53. The number of H-pyrrole nitrogens is 1. The number of nitrogens with one attached hydrogen (secondary N) is 2. The molecule has 8 heteroatoms. The Morgan fingerprint density at radius 3 is 3.03 bits per heavy atom. The summed E-state index contributed by atoms with van der Waals surface area (Å²) in [7, 11) is 0. The number of aromatic nitrogens is 2. The van der Waals surface area contributed by atoms with Gasteiger partial charge in [-0.3, -0.25) is 9.59 Å². The molecular weight excluding hydrogens is 434 g/mol. The largest absolute Gasteiger partial charge is 0.351 e. The van der Waals surface area contributed by atoms with Crippen LogP contribution in [0.25, 0.3) is 20.3 Å². The minimum absolute atomic E-state index is 0.00899. The fourth-order valence-corrected chi connectivity index (χ4v) is 6.90. The average molecular weight is 456 g/mol. The van der Waals surface area contributed by atoms with E-state index >= 15 is 0 Å². The lowest BCUT2D eigenvalue weighted by Crippen LogP contribution is -2.24. The first-order chi connectivity index (χ1) is 14.7. The van der Waals surface area contributed by atoms with Crippen LogP contribution in [0.5, 0.6) is 0 Å². The van der Waals surface area contributed by atoms with E-state index in [1.165, 1.54) is 38.7 Å². The number of carbonyl (C=O) groups excluding carboxylic acids is 1. The van der Waals surface area contributed by atoms with Crippen LogP contribution in [0.15, 0.2) is 34.4 Å². The summed E-state index contributed by atoms with van der Waals surface area (Å²) in [5.41, 5.74) is 2.31. The van der Waals surface area contributed by atoms with Crippen LogP contribution in [-0.4, -0.2) is 21.6 Å². The molecule has 0 spiro atoms. The lowest BCUT2D eigenvalue weighted by atomic mass is 9.97. The quantitative estimate of drug-likeness (QED) is 0.445. The van der Waals surface area contributed by atoms with Gasteiger partial charge in [0.2, 0.25) is 5.91 Å². The third-order valence-corrected chi connectivity index (χ3v) is 8.53. The molecule has 1 amide bonds. The van der Waals surface area contributed by atoms with Crippen LogP contribution < -0.4 is 10.9 Å². The number of thiophene rings is 2. The molecule has 0 aliphatic heterocycles. The second-order valence-electron chi connectivity index (χ2n) is 7.43. The molecule has 1 aromatic carbocycles. The van der Waals surface area contributed by atoms with E-state index in [2.05, 4.69) is 32.8 Å². The first kappa shape index (κ1) is 19.8. The molecule has 5 rings (SSSR count). The third kappa shape index (κ3) is 3.91. The molecule has 0 unspecified atom stereocenters. The summed E-state index contributed by atoms with van der Waals surface area (Å²) in [5.74, 6) is 1.49. The fraction of sp³-hybridized carbons (Fsp3) is 0.318. The second-order valence-corrected chi connectivity index (χ2v) is 10.4. The summed E-state index contributed by atoms with van der Waals surface area (Å²) in [6.45, 7) is 0.533. The number of thioether (sulfide) groups is 1. The van der Waals surface area contributed by atoms with Gasteiger partial charge in [0.1, 0.15) is 10.7 Å². The van der Waals surface area contributed by atoms with E-state index in [1.807, 2.05) is 12.1 Å². The number of amides is 1. The van der Waals surface area contributed by atoms with Crippen molar-refractivity contribution in [2.24, 2.45) is 0 Å². The molecule has 154 valence electrons. The van der Waals surface area contributed by atoms with Gasteiger partial charge in [0.05, 0.1) is 16.9 Å². The molecule has 0 bridgehead atoms. The molecule has 0 saturated carbocycles. The van der Waals surface area contributed by atoms with Gasteiger partial charge in [-0.05, 0) is 53.6 Å². The highest BCUT2D eigenvalue weighted by Gasteiger charge is 2.19. The van der Waals surface area contributed by atoms with Crippen molar-refractivity contribution in [1.29, 1.82) is 0 Å². The molecule has 2 N–H and O–H groups in total. The fourth-order valence-electron chi connectivity index (χ4n) is 3.93. The van der Waals surface area contributed by atoms with E-state index in [0.29, 0.717) is 23.9 Å². The number of hydrogen-bond donors (Lipinski definition) is 2. The van der Waals surface area contributed by atoms with Crippen molar-refractivity contribution in [3.8, 4) is 0 Å². The molecule has 1 aliphatic rings. The highest BCUT2D eigenvalue weighted by atomic mass is 32.2.